The number of hydrogen-bond acceptors (Lipinski definition) is 7. The van der Waals surface area contributed by atoms with Crippen LogP contribution in [0.4, 0.5) is 5.82 Å². The highest BCUT2D eigenvalue weighted by Crippen LogP contribution is 2.25. The number of thioether (sulfide) groups is 1. The van der Waals surface area contributed by atoms with Gasteiger partial charge in [0.2, 0.25) is 0 Å². The fourth-order valence-electron chi connectivity index (χ4n) is 2.43. The van der Waals surface area contributed by atoms with Gasteiger partial charge in [0.05, 0.1) is 11.5 Å². The molecule has 0 aliphatic rings. The Morgan fingerprint density at radius 2 is 1.96 bits per heavy atom. The molecule has 1 aromatic heterocycles. The molecule has 0 spiro atoms. The number of benzene rings is 1. The summed E-state index contributed by atoms with van der Waals surface area (Å²) in [5, 5.41) is 3.12. The van der Waals surface area contributed by atoms with Crippen LogP contribution in [0, 0.1) is 6.92 Å². The Hall–Kier alpha value is -2.17. The monoisotopic (exact) mass is 424 g/mol. The molecule has 2 rings (SSSR count). The average Bonchev–Trinajstić information content (AvgIpc) is 2.67. The summed E-state index contributed by atoms with van der Waals surface area (Å²) in [7, 11) is -0.993. The van der Waals surface area contributed by atoms with Crippen molar-refractivity contribution >= 4 is 33.5 Å². The molecule has 8 nitrogen and oxygen atoms in total. The van der Waals surface area contributed by atoms with E-state index in [0.717, 1.165) is 9.87 Å². The van der Waals surface area contributed by atoms with E-state index >= 15 is 0 Å². The van der Waals surface area contributed by atoms with Gasteiger partial charge in [-0.05, 0) is 32.2 Å². The van der Waals surface area contributed by atoms with Crippen LogP contribution < -0.4 is 9.62 Å². The fraction of sp³-hybridized carbons (Fsp3) is 0.389. The summed E-state index contributed by atoms with van der Waals surface area (Å²) in [5.41, 5.74) is 1.01. The van der Waals surface area contributed by atoms with Gasteiger partial charge in [0.25, 0.3) is 15.9 Å². The molecule has 28 heavy (non-hydrogen) atoms. The fourth-order valence-corrected chi connectivity index (χ4v) is 3.93. The Morgan fingerprint density at radius 1 is 1.32 bits per heavy atom. The minimum Gasteiger partial charge on any atom is -0.383 e. The molecule has 10 heteroatoms. The van der Waals surface area contributed by atoms with Crippen molar-refractivity contribution in [3.8, 4) is 0 Å². The maximum Gasteiger partial charge on any atom is 0.265 e. The van der Waals surface area contributed by atoms with Crippen molar-refractivity contribution in [1.82, 2.24) is 15.3 Å². The van der Waals surface area contributed by atoms with Gasteiger partial charge in [-0.3, -0.25) is 9.10 Å². The summed E-state index contributed by atoms with van der Waals surface area (Å²) in [6, 6.07) is 6.23. The van der Waals surface area contributed by atoms with Crippen molar-refractivity contribution in [2.45, 2.75) is 29.9 Å². The topological polar surface area (TPSA) is 101 Å². The van der Waals surface area contributed by atoms with Crippen molar-refractivity contribution in [2.24, 2.45) is 0 Å². The number of amides is 1. The zero-order chi connectivity index (χ0) is 20.9. The van der Waals surface area contributed by atoms with Crippen molar-refractivity contribution in [2.75, 3.05) is 31.3 Å². The van der Waals surface area contributed by atoms with E-state index in [4.69, 9.17) is 4.74 Å². The van der Waals surface area contributed by atoms with E-state index in [1.165, 1.54) is 44.2 Å². The zero-order valence-electron chi connectivity index (χ0n) is 16.5. The number of carbonyl (C=O) groups is 1. The van der Waals surface area contributed by atoms with Crippen LogP contribution in [0.15, 0.2) is 40.5 Å². The second-order valence-electron chi connectivity index (χ2n) is 6.21. The second-order valence-corrected chi connectivity index (χ2v) is 8.95. The van der Waals surface area contributed by atoms with Gasteiger partial charge in [-0.15, -0.1) is 0 Å². The maximum atomic E-state index is 13.1. The predicted octanol–water partition coefficient (Wildman–Crippen LogP) is 2.10. The third-order valence-corrected chi connectivity index (χ3v) is 6.27. The van der Waals surface area contributed by atoms with E-state index in [2.05, 4.69) is 15.3 Å². The largest absolute Gasteiger partial charge is 0.383 e. The number of aromatic nitrogens is 2. The molecular formula is C18H24N4O4S2. The van der Waals surface area contributed by atoms with E-state index in [0.29, 0.717) is 11.8 Å². The van der Waals surface area contributed by atoms with Gasteiger partial charge in [0, 0.05) is 26.4 Å². The SMILES string of the molecule is COC[C@@H](C)NC(=O)c1cnc(SC)nc1N(C)S(=O)(=O)c1ccc(C)cc1. The van der Waals surface area contributed by atoms with Crippen molar-refractivity contribution in [3.05, 3.63) is 41.6 Å². The van der Waals surface area contributed by atoms with E-state index in [1.807, 2.05) is 6.92 Å². The normalized spacial score (nSPS) is 12.5. The molecule has 1 amide bonds. The molecule has 0 aliphatic heterocycles. The third-order valence-electron chi connectivity index (χ3n) is 3.95. The number of anilines is 1. The van der Waals surface area contributed by atoms with Crippen molar-refractivity contribution in [3.63, 3.8) is 0 Å². The van der Waals surface area contributed by atoms with Crippen molar-refractivity contribution < 1.29 is 17.9 Å². The first kappa shape index (κ1) is 22.1. The molecular weight excluding hydrogens is 400 g/mol. The number of nitrogens with zero attached hydrogens (tertiary/aromatic N) is 3. The Balaban J connectivity index is 2.47. The quantitative estimate of drug-likeness (QED) is 0.511. The molecule has 0 saturated carbocycles. The highest BCUT2D eigenvalue weighted by Gasteiger charge is 2.27. The lowest BCUT2D eigenvalue weighted by atomic mass is 10.2. The maximum absolute atomic E-state index is 13.1. The van der Waals surface area contributed by atoms with Crippen LogP contribution in [0.5, 0.6) is 0 Å². The van der Waals surface area contributed by atoms with Crippen LogP contribution in [0.25, 0.3) is 0 Å². The summed E-state index contributed by atoms with van der Waals surface area (Å²) in [5.74, 6) is -0.458. The number of carbonyl (C=O) groups excluding carboxylic acids is 1. The van der Waals surface area contributed by atoms with Crippen LogP contribution in [-0.2, 0) is 14.8 Å². The molecule has 1 aromatic carbocycles. The van der Waals surface area contributed by atoms with Gasteiger partial charge < -0.3 is 10.1 Å². The van der Waals surface area contributed by atoms with Gasteiger partial charge >= 0.3 is 0 Å². The summed E-state index contributed by atoms with van der Waals surface area (Å²) in [6.45, 7) is 3.98. The highest BCUT2D eigenvalue weighted by atomic mass is 32.2. The molecule has 0 unspecified atom stereocenters. The Labute approximate surface area is 169 Å². The first-order valence-corrected chi connectivity index (χ1v) is 11.1. The van der Waals surface area contributed by atoms with Crippen LogP contribution in [-0.4, -0.2) is 57.4 Å². The number of nitrogens with one attached hydrogen (secondary N) is 1. The molecule has 0 bridgehead atoms. The third kappa shape index (κ3) is 5.00. The van der Waals surface area contributed by atoms with E-state index < -0.39 is 15.9 Å². The number of rotatable bonds is 8. The van der Waals surface area contributed by atoms with E-state index in [-0.39, 0.29) is 22.3 Å². The summed E-state index contributed by atoms with van der Waals surface area (Å²) in [4.78, 5) is 21.2. The number of sulfonamides is 1. The number of ether oxygens (including phenoxy) is 1. The standard InChI is InChI=1S/C18H24N4O4S2/c1-12-6-8-14(9-7-12)28(24,25)22(3)16-15(10-19-18(21-16)27-5)17(23)20-13(2)11-26-4/h6-10,13H,11H2,1-5H3,(H,20,23)/t13-/m1/s1. The van der Waals surface area contributed by atoms with Crippen LogP contribution in [0.3, 0.4) is 0 Å². The summed E-state index contributed by atoms with van der Waals surface area (Å²) < 4.78 is 32.1. The van der Waals surface area contributed by atoms with Crippen LogP contribution in [0.2, 0.25) is 0 Å². The van der Waals surface area contributed by atoms with Gasteiger partial charge in [-0.1, -0.05) is 29.5 Å². The molecule has 0 radical (unpaired) electrons. The second kappa shape index (κ2) is 9.35. The minimum absolute atomic E-state index is 0.0158. The van der Waals surface area contributed by atoms with Crippen molar-refractivity contribution in [1.29, 1.82) is 0 Å². The Kier molecular flexibility index (Phi) is 7.39. The molecule has 0 aliphatic carbocycles. The molecule has 1 N–H and O–H groups in total. The Bertz CT molecular complexity index is 933. The number of methoxy groups -OCH3 is 1. The molecule has 0 saturated heterocycles. The highest BCUT2D eigenvalue weighted by molar-refractivity contribution is 7.98. The smallest absolute Gasteiger partial charge is 0.265 e. The predicted molar refractivity (Wildman–Crippen MR) is 109 cm³/mol. The summed E-state index contributed by atoms with van der Waals surface area (Å²) in [6.07, 6.45) is 3.11. The Morgan fingerprint density at radius 3 is 2.54 bits per heavy atom. The van der Waals surface area contributed by atoms with Gasteiger partial charge in [-0.25, -0.2) is 18.4 Å². The van der Waals surface area contributed by atoms with Crippen LogP contribution in [0.1, 0.15) is 22.8 Å². The minimum atomic E-state index is -3.90. The lowest BCUT2D eigenvalue weighted by molar-refractivity contribution is 0.0905. The lowest BCUT2D eigenvalue weighted by Gasteiger charge is -2.22. The first-order chi connectivity index (χ1) is 13.2. The lowest BCUT2D eigenvalue weighted by Crippen LogP contribution is -2.37. The molecule has 2 aromatic rings. The van der Waals surface area contributed by atoms with Gasteiger partial charge in [0.1, 0.15) is 5.56 Å². The molecule has 1 atom stereocenters. The molecule has 1 heterocycles. The molecule has 152 valence electrons. The van der Waals surface area contributed by atoms with Gasteiger partial charge in [0.15, 0.2) is 11.0 Å². The molecule has 0 fully saturated rings. The summed E-state index contributed by atoms with van der Waals surface area (Å²) >= 11 is 1.26. The van der Waals surface area contributed by atoms with E-state index in [1.54, 1.807) is 25.3 Å². The number of aryl methyl sites for hydroxylation is 1. The zero-order valence-corrected chi connectivity index (χ0v) is 18.1. The first-order valence-electron chi connectivity index (χ1n) is 8.47. The average molecular weight is 425 g/mol. The number of hydrogen-bond donors (Lipinski definition) is 1. The van der Waals surface area contributed by atoms with Crippen LogP contribution >= 0.6 is 11.8 Å². The van der Waals surface area contributed by atoms with E-state index in [9.17, 15) is 13.2 Å². The van der Waals surface area contributed by atoms with Gasteiger partial charge in [-0.2, -0.15) is 0 Å².